The van der Waals surface area contributed by atoms with Crippen LogP contribution in [0.4, 0.5) is 0 Å². The van der Waals surface area contributed by atoms with Gasteiger partial charge in [0.15, 0.2) is 0 Å². The minimum absolute atomic E-state index is 0.674. The summed E-state index contributed by atoms with van der Waals surface area (Å²) in [6.45, 7) is 4.99. The third kappa shape index (κ3) is 1.60. The summed E-state index contributed by atoms with van der Waals surface area (Å²) >= 11 is 0. The zero-order valence-corrected chi connectivity index (χ0v) is 8.09. The molecule has 0 unspecified atom stereocenters. The van der Waals surface area contributed by atoms with Gasteiger partial charge in [0, 0.05) is 19.8 Å². The van der Waals surface area contributed by atoms with Crippen molar-refractivity contribution in [2.24, 2.45) is 5.73 Å². The number of fused-ring (bicyclic) bond motifs is 1. The van der Waals surface area contributed by atoms with Crippen molar-refractivity contribution in [3.8, 4) is 0 Å². The van der Waals surface area contributed by atoms with Crippen LogP contribution in [0.1, 0.15) is 16.7 Å². The summed E-state index contributed by atoms with van der Waals surface area (Å²) in [6.07, 6.45) is 1.15. The Morgan fingerprint density at radius 3 is 3.08 bits per heavy atom. The molecule has 13 heavy (non-hydrogen) atoms. The number of hydrogen-bond acceptors (Lipinski definition) is 2. The highest BCUT2D eigenvalue weighted by Crippen LogP contribution is 2.20. The molecule has 1 heterocycles. The molecular formula is C11H16N2. The Morgan fingerprint density at radius 2 is 2.31 bits per heavy atom. The first-order valence-electron chi connectivity index (χ1n) is 4.81. The largest absolute Gasteiger partial charge is 0.318 e. The molecule has 0 saturated heterocycles. The van der Waals surface area contributed by atoms with Crippen LogP contribution in [0.25, 0.3) is 0 Å². The molecule has 0 atom stereocenters. The molecule has 0 aromatic heterocycles. The maximum atomic E-state index is 5.62. The van der Waals surface area contributed by atoms with E-state index in [4.69, 9.17) is 5.73 Å². The van der Waals surface area contributed by atoms with Crippen molar-refractivity contribution in [2.75, 3.05) is 13.2 Å². The van der Waals surface area contributed by atoms with E-state index in [1.165, 1.54) is 16.7 Å². The number of aryl methyl sites for hydroxylation is 1. The summed E-state index contributed by atoms with van der Waals surface area (Å²) in [6, 6.07) is 6.54. The Labute approximate surface area is 79.4 Å². The molecule has 0 fully saturated rings. The topological polar surface area (TPSA) is 29.3 Å². The zero-order chi connectivity index (χ0) is 9.26. The summed E-state index contributed by atoms with van der Waals surface area (Å²) < 4.78 is 0. The second-order valence-electron chi connectivity index (χ2n) is 3.70. The van der Waals surface area contributed by atoms with Gasteiger partial charge in [-0.1, -0.05) is 18.2 Å². The van der Waals surface area contributed by atoms with Gasteiger partial charge in [-0.05, 0) is 30.0 Å². The summed E-state index contributed by atoms with van der Waals surface area (Å²) in [5, 5.41) is 0. The third-order valence-electron chi connectivity index (χ3n) is 2.84. The van der Waals surface area contributed by atoms with E-state index >= 15 is 0 Å². The second-order valence-corrected chi connectivity index (χ2v) is 3.70. The fourth-order valence-corrected chi connectivity index (χ4v) is 2.01. The Balaban J connectivity index is 2.31. The van der Waals surface area contributed by atoms with E-state index in [9.17, 15) is 0 Å². The average molecular weight is 176 g/mol. The number of hydrogen-bond donors (Lipinski definition) is 1. The van der Waals surface area contributed by atoms with Crippen LogP contribution in [0, 0.1) is 6.92 Å². The quantitative estimate of drug-likeness (QED) is 0.698. The van der Waals surface area contributed by atoms with Gasteiger partial charge in [-0.25, -0.2) is 0 Å². The van der Waals surface area contributed by atoms with Gasteiger partial charge in [0.25, 0.3) is 0 Å². The molecule has 1 aliphatic rings. The van der Waals surface area contributed by atoms with Crippen molar-refractivity contribution in [1.82, 2.24) is 4.90 Å². The molecule has 0 radical (unpaired) electrons. The summed E-state index contributed by atoms with van der Waals surface area (Å²) in [4.78, 5) is 2.28. The van der Waals surface area contributed by atoms with Gasteiger partial charge in [-0.3, -0.25) is 4.90 Å². The van der Waals surface area contributed by atoms with Gasteiger partial charge in [0.1, 0.15) is 0 Å². The van der Waals surface area contributed by atoms with Crippen LogP contribution < -0.4 is 5.73 Å². The van der Waals surface area contributed by atoms with E-state index in [1.54, 1.807) is 0 Å². The Morgan fingerprint density at radius 1 is 1.46 bits per heavy atom. The predicted octanol–water partition coefficient (Wildman–Crippen LogP) is 1.27. The van der Waals surface area contributed by atoms with Crippen LogP contribution >= 0.6 is 0 Å². The molecule has 0 bridgehead atoms. The zero-order valence-electron chi connectivity index (χ0n) is 8.09. The number of benzene rings is 1. The minimum atomic E-state index is 0.674. The lowest BCUT2D eigenvalue weighted by atomic mass is 9.96. The molecule has 1 aromatic carbocycles. The molecule has 0 saturated carbocycles. The van der Waals surface area contributed by atoms with Crippen LogP contribution in [0.15, 0.2) is 18.2 Å². The van der Waals surface area contributed by atoms with Gasteiger partial charge < -0.3 is 5.73 Å². The molecule has 70 valence electrons. The fraction of sp³-hybridized carbons (Fsp3) is 0.455. The molecule has 2 nitrogen and oxygen atoms in total. The van der Waals surface area contributed by atoms with E-state index < -0.39 is 0 Å². The highest BCUT2D eigenvalue weighted by atomic mass is 15.2. The fourth-order valence-electron chi connectivity index (χ4n) is 2.01. The molecule has 1 aromatic rings. The third-order valence-corrected chi connectivity index (χ3v) is 2.84. The highest BCUT2D eigenvalue weighted by Gasteiger charge is 2.15. The van der Waals surface area contributed by atoms with Crippen LogP contribution in [0.3, 0.4) is 0 Å². The first kappa shape index (κ1) is 8.73. The number of nitrogens with two attached hydrogens (primary N) is 1. The van der Waals surface area contributed by atoms with E-state index in [-0.39, 0.29) is 0 Å². The number of nitrogens with zero attached hydrogens (tertiary/aromatic N) is 1. The second kappa shape index (κ2) is 3.48. The lowest BCUT2D eigenvalue weighted by Gasteiger charge is -2.28. The maximum Gasteiger partial charge on any atom is 0.0458 e. The van der Waals surface area contributed by atoms with Gasteiger partial charge in [0.2, 0.25) is 0 Å². The van der Waals surface area contributed by atoms with Crippen molar-refractivity contribution in [3.63, 3.8) is 0 Å². The molecule has 2 rings (SSSR count). The normalized spacial score (nSPS) is 17.1. The van der Waals surface area contributed by atoms with Crippen molar-refractivity contribution in [3.05, 3.63) is 34.9 Å². The average Bonchev–Trinajstić information content (AvgIpc) is 2.18. The summed E-state index contributed by atoms with van der Waals surface area (Å²) in [7, 11) is 0. The molecule has 0 spiro atoms. The smallest absolute Gasteiger partial charge is 0.0458 e. The summed E-state index contributed by atoms with van der Waals surface area (Å²) in [5.41, 5.74) is 10.0. The summed E-state index contributed by atoms with van der Waals surface area (Å²) in [5.74, 6) is 0. The Kier molecular flexibility index (Phi) is 2.34. The van der Waals surface area contributed by atoms with Crippen LogP contribution in [0.5, 0.6) is 0 Å². The molecule has 2 N–H and O–H groups in total. The van der Waals surface area contributed by atoms with Crippen molar-refractivity contribution < 1.29 is 0 Å². The van der Waals surface area contributed by atoms with E-state index in [0.29, 0.717) is 6.67 Å². The van der Waals surface area contributed by atoms with Gasteiger partial charge in [-0.2, -0.15) is 0 Å². The predicted molar refractivity (Wildman–Crippen MR) is 54.3 cm³/mol. The van der Waals surface area contributed by atoms with E-state index in [0.717, 1.165) is 19.5 Å². The molecule has 1 aliphatic heterocycles. The molecular weight excluding hydrogens is 160 g/mol. The van der Waals surface area contributed by atoms with Gasteiger partial charge in [0.05, 0.1) is 0 Å². The van der Waals surface area contributed by atoms with Crippen molar-refractivity contribution >= 4 is 0 Å². The lowest BCUT2D eigenvalue weighted by Crippen LogP contribution is -2.35. The lowest BCUT2D eigenvalue weighted by molar-refractivity contribution is 0.261. The minimum Gasteiger partial charge on any atom is -0.318 e. The monoisotopic (exact) mass is 176 g/mol. The number of rotatable bonds is 1. The van der Waals surface area contributed by atoms with E-state index in [1.807, 2.05) is 0 Å². The maximum absolute atomic E-state index is 5.62. The van der Waals surface area contributed by atoms with Crippen LogP contribution in [-0.2, 0) is 13.0 Å². The standard InChI is InChI=1S/C11H16N2/c1-9-3-2-4-10-7-13(8-12)6-5-11(9)10/h2-4H,5-8,12H2,1H3. The van der Waals surface area contributed by atoms with Crippen molar-refractivity contribution in [2.45, 2.75) is 19.9 Å². The molecule has 2 heteroatoms. The van der Waals surface area contributed by atoms with Crippen molar-refractivity contribution in [1.29, 1.82) is 0 Å². The van der Waals surface area contributed by atoms with Crippen LogP contribution in [-0.4, -0.2) is 18.1 Å². The highest BCUT2D eigenvalue weighted by molar-refractivity contribution is 5.35. The van der Waals surface area contributed by atoms with E-state index in [2.05, 4.69) is 30.0 Å². The van der Waals surface area contributed by atoms with Crippen LogP contribution in [0.2, 0.25) is 0 Å². The molecule has 0 aliphatic carbocycles. The Bertz CT molecular complexity index is 307. The first-order valence-corrected chi connectivity index (χ1v) is 4.81. The SMILES string of the molecule is Cc1cccc2c1CCN(CN)C2. The molecule has 0 amide bonds. The van der Waals surface area contributed by atoms with Gasteiger partial charge >= 0.3 is 0 Å². The Hall–Kier alpha value is -0.860. The van der Waals surface area contributed by atoms with Gasteiger partial charge in [-0.15, -0.1) is 0 Å². The first-order chi connectivity index (χ1) is 6.31.